The van der Waals surface area contributed by atoms with Gasteiger partial charge in [0, 0.05) is 23.6 Å². The number of hydrogen-bond acceptors (Lipinski definition) is 5. The van der Waals surface area contributed by atoms with E-state index in [4.69, 9.17) is 5.73 Å². The summed E-state index contributed by atoms with van der Waals surface area (Å²) in [6.07, 6.45) is 1.04. The minimum absolute atomic E-state index is 0.00422. The Morgan fingerprint density at radius 1 is 1.19 bits per heavy atom. The standard InChI is InChI=1S/C19H19FN4O2/c1-19(2)7-11-14(12(25)8-19)13(9-3-5-10(20)6-4-9)15-16(22-11)23-18(21)24-17(15)26/h3-6,13H,7-8H2,1-2H3,(H4,21,22,23,24,26). The zero-order chi connectivity index (χ0) is 18.6. The Morgan fingerprint density at radius 2 is 1.88 bits per heavy atom. The van der Waals surface area contributed by atoms with Crippen LogP contribution in [0.2, 0.25) is 0 Å². The van der Waals surface area contributed by atoms with E-state index in [9.17, 15) is 14.0 Å². The van der Waals surface area contributed by atoms with Gasteiger partial charge < -0.3 is 11.1 Å². The second kappa shape index (κ2) is 5.52. The molecule has 26 heavy (non-hydrogen) atoms. The van der Waals surface area contributed by atoms with Gasteiger partial charge in [-0.3, -0.25) is 14.6 Å². The molecule has 0 fully saturated rings. The highest BCUT2D eigenvalue weighted by Crippen LogP contribution is 2.47. The maximum absolute atomic E-state index is 13.4. The number of H-pyrrole nitrogens is 1. The van der Waals surface area contributed by atoms with E-state index in [0.717, 1.165) is 5.70 Å². The third-order valence-corrected chi connectivity index (χ3v) is 4.94. The number of aromatic nitrogens is 2. The van der Waals surface area contributed by atoms with Crippen molar-refractivity contribution < 1.29 is 9.18 Å². The van der Waals surface area contributed by atoms with Crippen molar-refractivity contribution in [2.45, 2.75) is 32.6 Å². The lowest BCUT2D eigenvalue weighted by Gasteiger charge is -2.38. The van der Waals surface area contributed by atoms with Crippen molar-refractivity contribution in [1.82, 2.24) is 9.97 Å². The number of rotatable bonds is 1. The summed E-state index contributed by atoms with van der Waals surface area (Å²) in [6.45, 7) is 4.05. The van der Waals surface area contributed by atoms with E-state index in [1.165, 1.54) is 12.1 Å². The van der Waals surface area contributed by atoms with Crippen molar-refractivity contribution >= 4 is 17.5 Å². The molecule has 2 heterocycles. The number of anilines is 2. The van der Waals surface area contributed by atoms with E-state index >= 15 is 0 Å². The molecule has 134 valence electrons. The second-order valence-electron chi connectivity index (χ2n) is 7.66. The average Bonchev–Trinajstić information content (AvgIpc) is 2.52. The SMILES string of the molecule is CC1(C)CC(=O)C2=C(C1)Nc1nc(N)[nH]c(=O)c1C2c1ccc(F)cc1. The molecule has 0 radical (unpaired) electrons. The lowest BCUT2D eigenvalue weighted by molar-refractivity contribution is -0.118. The normalized spacial score (nSPS) is 21.0. The molecule has 0 saturated carbocycles. The van der Waals surface area contributed by atoms with Crippen LogP contribution in [0, 0.1) is 11.2 Å². The van der Waals surface area contributed by atoms with E-state index in [-0.39, 0.29) is 23.0 Å². The fourth-order valence-electron chi connectivity index (χ4n) is 3.92. The predicted molar refractivity (Wildman–Crippen MR) is 96.2 cm³/mol. The molecule has 2 aliphatic rings. The Morgan fingerprint density at radius 3 is 2.58 bits per heavy atom. The molecular formula is C19H19FN4O2. The highest BCUT2D eigenvalue weighted by atomic mass is 19.1. The van der Waals surface area contributed by atoms with E-state index < -0.39 is 11.5 Å². The summed E-state index contributed by atoms with van der Waals surface area (Å²) in [6, 6.07) is 5.85. The molecule has 1 aliphatic heterocycles. The van der Waals surface area contributed by atoms with Crippen LogP contribution in [0.3, 0.4) is 0 Å². The average molecular weight is 354 g/mol. The Bertz CT molecular complexity index is 1010. The van der Waals surface area contributed by atoms with Crippen LogP contribution in [-0.4, -0.2) is 15.8 Å². The number of benzene rings is 1. The number of allylic oxidation sites excluding steroid dienone is 2. The third kappa shape index (κ3) is 2.60. The van der Waals surface area contributed by atoms with E-state index in [0.29, 0.717) is 35.4 Å². The van der Waals surface area contributed by atoms with Crippen LogP contribution in [0.4, 0.5) is 16.2 Å². The first-order valence-corrected chi connectivity index (χ1v) is 8.43. The predicted octanol–water partition coefficient (Wildman–Crippen LogP) is 2.69. The highest BCUT2D eigenvalue weighted by molar-refractivity contribution is 6.01. The molecule has 4 rings (SSSR count). The molecule has 1 aromatic heterocycles. The third-order valence-electron chi connectivity index (χ3n) is 4.94. The van der Waals surface area contributed by atoms with Gasteiger partial charge in [-0.15, -0.1) is 0 Å². The molecule has 0 saturated heterocycles. The minimum atomic E-state index is -0.595. The summed E-state index contributed by atoms with van der Waals surface area (Å²) in [5.74, 6) is -0.630. The zero-order valence-electron chi connectivity index (χ0n) is 14.5. The lowest BCUT2D eigenvalue weighted by atomic mass is 9.69. The van der Waals surface area contributed by atoms with Gasteiger partial charge in [0.1, 0.15) is 11.6 Å². The van der Waals surface area contributed by atoms with Crippen LogP contribution in [0.5, 0.6) is 0 Å². The summed E-state index contributed by atoms with van der Waals surface area (Å²) in [4.78, 5) is 32.3. The highest BCUT2D eigenvalue weighted by Gasteiger charge is 2.42. The number of nitrogens with one attached hydrogen (secondary N) is 2. The first-order valence-electron chi connectivity index (χ1n) is 8.43. The molecule has 1 aromatic carbocycles. The molecule has 0 spiro atoms. The van der Waals surface area contributed by atoms with Crippen LogP contribution in [0.1, 0.15) is 43.7 Å². The van der Waals surface area contributed by atoms with Crippen molar-refractivity contribution in [3.8, 4) is 0 Å². The summed E-state index contributed by atoms with van der Waals surface area (Å²) >= 11 is 0. The van der Waals surface area contributed by atoms with Gasteiger partial charge in [0.05, 0.1) is 5.56 Å². The molecule has 2 aromatic rings. The second-order valence-corrected chi connectivity index (χ2v) is 7.66. The first-order chi connectivity index (χ1) is 12.2. The van der Waals surface area contributed by atoms with Gasteiger partial charge in [-0.1, -0.05) is 26.0 Å². The van der Waals surface area contributed by atoms with Crippen molar-refractivity contribution in [3.05, 3.63) is 62.8 Å². The van der Waals surface area contributed by atoms with Gasteiger partial charge >= 0.3 is 0 Å². The zero-order valence-corrected chi connectivity index (χ0v) is 14.5. The monoisotopic (exact) mass is 354 g/mol. The van der Waals surface area contributed by atoms with Crippen LogP contribution >= 0.6 is 0 Å². The molecule has 1 unspecified atom stereocenters. The maximum atomic E-state index is 13.4. The summed E-state index contributed by atoms with van der Waals surface area (Å²) in [5.41, 5.74) is 7.41. The number of Topliss-reactive ketones (excluding diaryl/α,β-unsaturated/α-hetero) is 1. The molecule has 6 nitrogen and oxygen atoms in total. The van der Waals surface area contributed by atoms with Gasteiger partial charge in [0.2, 0.25) is 5.95 Å². The fraction of sp³-hybridized carbons (Fsp3) is 0.316. The lowest BCUT2D eigenvalue weighted by Crippen LogP contribution is -2.37. The molecule has 7 heteroatoms. The Hall–Kier alpha value is -2.96. The number of ketones is 1. The Kier molecular flexibility index (Phi) is 3.50. The summed E-state index contributed by atoms with van der Waals surface area (Å²) < 4.78 is 13.4. The van der Waals surface area contributed by atoms with Gasteiger partial charge in [0.25, 0.3) is 5.56 Å². The van der Waals surface area contributed by atoms with Crippen molar-refractivity contribution in [2.75, 3.05) is 11.1 Å². The number of hydrogen-bond donors (Lipinski definition) is 3. The number of aromatic amines is 1. The fourth-order valence-corrected chi connectivity index (χ4v) is 3.92. The number of nitrogen functional groups attached to an aromatic ring is 1. The Labute approximate surface area is 149 Å². The molecular weight excluding hydrogens is 335 g/mol. The largest absolute Gasteiger partial charge is 0.369 e. The van der Waals surface area contributed by atoms with E-state index in [2.05, 4.69) is 15.3 Å². The van der Waals surface area contributed by atoms with Crippen LogP contribution in [0.15, 0.2) is 40.3 Å². The quantitative estimate of drug-likeness (QED) is 0.731. The van der Waals surface area contributed by atoms with Crippen LogP contribution in [0.25, 0.3) is 0 Å². The van der Waals surface area contributed by atoms with E-state index in [1.54, 1.807) is 12.1 Å². The van der Waals surface area contributed by atoms with Gasteiger partial charge in [0.15, 0.2) is 5.78 Å². The first kappa shape index (κ1) is 16.5. The van der Waals surface area contributed by atoms with Gasteiger partial charge in [-0.2, -0.15) is 4.98 Å². The van der Waals surface area contributed by atoms with Crippen molar-refractivity contribution in [2.24, 2.45) is 5.41 Å². The minimum Gasteiger partial charge on any atom is -0.369 e. The smallest absolute Gasteiger partial charge is 0.258 e. The maximum Gasteiger partial charge on any atom is 0.258 e. The molecule has 0 bridgehead atoms. The number of carbonyl (C=O) groups is 1. The topological polar surface area (TPSA) is 101 Å². The number of fused-ring (bicyclic) bond motifs is 1. The van der Waals surface area contributed by atoms with E-state index in [1.807, 2.05) is 13.8 Å². The summed E-state index contributed by atoms with van der Waals surface area (Å²) in [5, 5.41) is 3.15. The van der Waals surface area contributed by atoms with Gasteiger partial charge in [-0.05, 0) is 29.5 Å². The van der Waals surface area contributed by atoms with Crippen LogP contribution in [-0.2, 0) is 4.79 Å². The number of nitrogens with zero attached hydrogens (tertiary/aromatic N) is 1. The molecule has 1 aliphatic carbocycles. The molecule has 4 N–H and O–H groups in total. The van der Waals surface area contributed by atoms with Gasteiger partial charge in [-0.25, -0.2) is 4.39 Å². The summed E-state index contributed by atoms with van der Waals surface area (Å²) in [7, 11) is 0. The number of halogens is 1. The Balaban J connectivity index is 1.99. The van der Waals surface area contributed by atoms with Crippen LogP contribution < -0.4 is 16.6 Å². The number of carbonyl (C=O) groups excluding carboxylic acids is 1. The molecule has 1 atom stereocenters. The van der Waals surface area contributed by atoms with Crippen molar-refractivity contribution in [3.63, 3.8) is 0 Å². The molecule has 0 amide bonds. The number of nitrogens with two attached hydrogens (primary N) is 1. The van der Waals surface area contributed by atoms with Crippen molar-refractivity contribution in [1.29, 1.82) is 0 Å².